The zero-order valence-electron chi connectivity index (χ0n) is 10.4. The molecule has 0 aliphatic heterocycles. The van der Waals surface area contributed by atoms with Crippen LogP contribution in [-0.4, -0.2) is 16.5 Å². The maximum atomic E-state index is 5.96. The number of halogens is 1. The molecule has 0 bridgehead atoms. The largest absolute Gasteiger partial charge is 0.370 e. The lowest BCUT2D eigenvalue weighted by atomic mass is 10.1. The highest BCUT2D eigenvalue weighted by Gasteiger charge is 2.14. The molecule has 0 spiro atoms. The van der Waals surface area contributed by atoms with E-state index in [0.29, 0.717) is 0 Å². The van der Waals surface area contributed by atoms with Crippen LogP contribution in [0, 0.1) is 0 Å². The highest BCUT2D eigenvalue weighted by Crippen LogP contribution is 2.37. The van der Waals surface area contributed by atoms with Gasteiger partial charge in [-0.05, 0) is 24.1 Å². The van der Waals surface area contributed by atoms with Crippen LogP contribution in [0.4, 0.5) is 5.82 Å². The molecule has 0 saturated heterocycles. The first-order valence-electron chi connectivity index (χ1n) is 6.03. The van der Waals surface area contributed by atoms with Gasteiger partial charge in [-0.25, -0.2) is 9.97 Å². The second-order valence-corrected chi connectivity index (χ2v) is 5.26. The van der Waals surface area contributed by atoms with Crippen LogP contribution in [0.15, 0.2) is 35.7 Å². The van der Waals surface area contributed by atoms with E-state index in [4.69, 9.17) is 11.6 Å². The van der Waals surface area contributed by atoms with Gasteiger partial charge in [0, 0.05) is 17.5 Å². The number of hydrogen-bond donors (Lipinski definition) is 1. The summed E-state index contributed by atoms with van der Waals surface area (Å²) < 4.78 is 0. The van der Waals surface area contributed by atoms with Crippen molar-refractivity contribution in [1.29, 1.82) is 0 Å². The molecule has 19 heavy (non-hydrogen) atoms. The molecule has 0 radical (unpaired) electrons. The summed E-state index contributed by atoms with van der Waals surface area (Å²) in [6, 6.07) is 10.2. The van der Waals surface area contributed by atoms with Crippen LogP contribution in [0.25, 0.3) is 21.3 Å². The van der Waals surface area contributed by atoms with Gasteiger partial charge < -0.3 is 5.32 Å². The molecule has 2 aromatic heterocycles. The Hall–Kier alpha value is -1.65. The van der Waals surface area contributed by atoms with Crippen LogP contribution in [0.1, 0.15) is 6.92 Å². The van der Waals surface area contributed by atoms with Crippen LogP contribution >= 0.6 is 22.9 Å². The SMILES string of the molecule is CCNc1nc(Cl)nc2scc(-c3ccccc3)c12. The van der Waals surface area contributed by atoms with Gasteiger partial charge >= 0.3 is 0 Å². The number of nitrogens with one attached hydrogen (secondary N) is 1. The van der Waals surface area contributed by atoms with E-state index in [9.17, 15) is 0 Å². The van der Waals surface area contributed by atoms with Crippen LogP contribution in [0.3, 0.4) is 0 Å². The first kappa shape index (κ1) is 12.4. The van der Waals surface area contributed by atoms with Crippen molar-refractivity contribution in [2.45, 2.75) is 6.92 Å². The van der Waals surface area contributed by atoms with Gasteiger partial charge in [-0.15, -0.1) is 11.3 Å². The topological polar surface area (TPSA) is 37.8 Å². The van der Waals surface area contributed by atoms with E-state index in [1.807, 2.05) is 25.1 Å². The molecule has 3 aromatic rings. The number of anilines is 1. The van der Waals surface area contributed by atoms with E-state index in [-0.39, 0.29) is 5.28 Å². The standard InChI is InChI=1S/C14H12ClN3S/c1-2-16-12-11-10(9-6-4-3-5-7-9)8-19-13(11)18-14(15)17-12/h3-8H,2H2,1H3,(H,16,17,18). The molecular weight excluding hydrogens is 278 g/mol. The highest BCUT2D eigenvalue weighted by molar-refractivity contribution is 7.17. The normalized spacial score (nSPS) is 10.8. The fraction of sp³-hybridized carbons (Fsp3) is 0.143. The van der Waals surface area contributed by atoms with Gasteiger partial charge in [0.25, 0.3) is 0 Å². The van der Waals surface area contributed by atoms with Crippen molar-refractivity contribution in [3.8, 4) is 11.1 Å². The fourth-order valence-corrected chi connectivity index (χ4v) is 3.21. The van der Waals surface area contributed by atoms with E-state index < -0.39 is 0 Å². The maximum Gasteiger partial charge on any atom is 0.225 e. The number of benzene rings is 1. The average Bonchev–Trinajstić information content (AvgIpc) is 2.84. The molecule has 1 aromatic carbocycles. The van der Waals surface area contributed by atoms with E-state index in [2.05, 4.69) is 32.8 Å². The number of hydrogen-bond acceptors (Lipinski definition) is 4. The zero-order valence-corrected chi connectivity index (χ0v) is 11.9. The Balaban J connectivity index is 2.27. The Morgan fingerprint density at radius 3 is 2.74 bits per heavy atom. The fourth-order valence-electron chi connectivity index (χ4n) is 2.04. The van der Waals surface area contributed by atoms with Gasteiger partial charge in [-0.1, -0.05) is 30.3 Å². The molecule has 96 valence electrons. The molecule has 0 fully saturated rings. The van der Waals surface area contributed by atoms with E-state index in [1.54, 1.807) is 11.3 Å². The van der Waals surface area contributed by atoms with Crippen LogP contribution in [-0.2, 0) is 0 Å². The lowest BCUT2D eigenvalue weighted by molar-refractivity contribution is 1.15. The van der Waals surface area contributed by atoms with E-state index >= 15 is 0 Å². The van der Waals surface area contributed by atoms with Gasteiger partial charge in [-0.3, -0.25) is 0 Å². The second kappa shape index (κ2) is 5.15. The molecule has 0 unspecified atom stereocenters. The molecule has 1 N–H and O–H groups in total. The Morgan fingerprint density at radius 1 is 1.21 bits per heavy atom. The van der Waals surface area contributed by atoms with Gasteiger partial charge in [0.2, 0.25) is 5.28 Å². The Morgan fingerprint density at radius 2 is 2.00 bits per heavy atom. The van der Waals surface area contributed by atoms with E-state index in [1.165, 1.54) is 5.56 Å². The molecular formula is C14H12ClN3S. The summed E-state index contributed by atoms with van der Waals surface area (Å²) in [6.45, 7) is 2.84. The van der Waals surface area contributed by atoms with E-state index in [0.717, 1.165) is 28.1 Å². The van der Waals surface area contributed by atoms with Crippen molar-refractivity contribution < 1.29 is 0 Å². The van der Waals surface area contributed by atoms with Gasteiger partial charge in [0.15, 0.2) is 0 Å². The summed E-state index contributed by atoms with van der Waals surface area (Å²) in [6.07, 6.45) is 0. The highest BCUT2D eigenvalue weighted by atomic mass is 35.5. The summed E-state index contributed by atoms with van der Waals surface area (Å²) in [5, 5.41) is 6.69. The Labute approximate surface area is 120 Å². The van der Waals surface area contributed by atoms with Crippen molar-refractivity contribution >= 4 is 39.0 Å². The minimum atomic E-state index is 0.282. The molecule has 0 aliphatic rings. The summed E-state index contributed by atoms with van der Waals surface area (Å²) >= 11 is 7.55. The predicted molar refractivity (Wildman–Crippen MR) is 82.0 cm³/mol. The number of fused-ring (bicyclic) bond motifs is 1. The average molecular weight is 290 g/mol. The third-order valence-electron chi connectivity index (χ3n) is 2.84. The Kier molecular flexibility index (Phi) is 3.36. The monoisotopic (exact) mass is 289 g/mol. The second-order valence-electron chi connectivity index (χ2n) is 4.07. The molecule has 0 atom stereocenters. The van der Waals surface area contributed by atoms with Gasteiger partial charge in [0.1, 0.15) is 10.6 Å². The molecule has 5 heteroatoms. The lowest BCUT2D eigenvalue weighted by Crippen LogP contribution is -2.01. The molecule has 0 aliphatic carbocycles. The first-order chi connectivity index (χ1) is 9.29. The summed E-state index contributed by atoms with van der Waals surface area (Å²) in [5.74, 6) is 0.803. The van der Waals surface area contributed by atoms with Crippen LogP contribution < -0.4 is 5.32 Å². The Bertz CT molecular complexity index is 709. The maximum absolute atomic E-state index is 5.96. The third kappa shape index (κ3) is 2.29. The minimum Gasteiger partial charge on any atom is -0.370 e. The molecule has 3 rings (SSSR count). The summed E-state index contributed by atoms with van der Waals surface area (Å²) in [7, 11) is 0. The number of aromatic nitrogens is 2. The number of thiophene rings is 1. The quantitative estimate of drug-likeness (QED) is 0.724. The van der Waals surface area contributed by atoms with Crippen molar-refractivity contribution in [2.24, 2.45) is 0 Å². The van der Waals surface area contributed by atoms with Crippen LogP contribution in [0.2, 0.25) is 5.28 Å². The van der Waals surface area contributed by atoms with Crippen molar-refractivity contribution in [2.75, 3.05) is 11.9 Å². The lowest BCUT2D eigenvalue weighted by Gasteiger charge is -2.06. The molecule has 0 amide bonds. The summed E-state index contributed by atoms with van der Waals surface area (Å²) in [5.41, 5.74) is 2.31. The van der Waals surface area contributed by atoms with Gasteiger partial charge in [-0.2, -0.15) is 0 Å². The zero-order chi connectivity index (χ0) is 13.2. The molecule has 3 nitrogen and oxygen atoms in total. The number of rotatable bonds is 3. The van der Waals surface area contributed by atoms with Gasteiger partial charge in [0.05, 0.1) is 5.39 Å². The number of nitrogens with zero attached hydrogens (tertiary/aromatic N) is 2. The molecule has 2 heterocycles. The first-order valence-corrected chi connectivity index (χ1v) is 7.29. The van der Waals surface area contributed by atoms with Crippen molar-refractivity contribution in [3.05, 3.63) is 41.0 Å². The summed E-state index contributed by atoms with van der Waals surface area (Å²) in [4.78, 5) is 9.51. The molecule has 0 saturated carbocycles. The third-order valence-corrected chi connectivity index (χ3v) is 3.88. The minimum absolute atomic E-state index is 0.282. The van der Waals surface area contributed by atoms with Crippen molar-refractivity contribution in [1.82, 2.24) is 9.97 Å². The smallest absolute Gasteiger partial charge is 0.225 e. The van der Waals surface area contributed by atoms with Crippen molar-refractivity contribution in [3.63, 3.8) is 0 Å². The van der Waals surface area contributed by atoms with Crippen LogP contribution in [0.5, 0.6) is 0 Å². The predicted octanol–water partition coefficient (Wildman–Crippen LogP) is 4.44.